The summed E-state index contributed by atoms with van der Waals surface area (Å²) >= 11 is 0. The minimum absolute atomic E-state index is 0.113. The molecule has 0 unspecified atom stereocenters. The van der Waals surface area contributed by atoms with Crippen molar-refractivity contribution in [1.29, 1.82) is 0 Å². The van der Waals surface area contributed by atoms with Crippen LogP contribution >= 0.6 is 0 Å². The summed E-state index contributed by atoms with van der Waals surface area (Å²) in [5.74, 6) is 0.444. The zero-order chi connectivity index (χ0) is 16.0. The molecule has 4 heteroatoms. The maximum absolute atomic E-state index is 12.7. The first-order chi connectivity index (χ1) is 11.2. The lowest BCUT2D eigenvalue weighted by molar-refractivity contribution is 0.0971. The lowest BCUT2D eigenvalue weighted by atomic mass is 9.90. The summed E-state index contributed by atoms with van der Waals surface area (Å²) in [6.07, 6.45) is 7.92. The van der Waals surface area contributed by atoms with Crippen molar-refractivity contribution in [2.45, 2.75) is 32.1 Å². The van der Waals surface area contributed by atoms with Gasteiger partial charge in [0.1, 0.15) is 17.2 Å². The van der Waals surface area contributed by atoms with Gasteiger partial charge in [0, 0.05) is 18.2 Å². The van der Waals surface area contributed by atoms with E-state index in [1.54, 1.807) is 28.8 Å². The number of carbonyl (C=O) groups excluding carboxylic acids is 2. The summed E-state index contributed by atoms with van der Waals surface area (Å²) in [4.78, 5) is 29.9. The standard InChI is InChI=1S/C19H18N2O2/c1-21-15(11-12-7-3-2-4-8-12)20-16-17(21)19(23)14-10-6-5-9-13(14)18(16)22/h5-6,9-11H,2-4,7-8H2,1H3. The Balaban J connectivity index is 1.83. The molecule has 0 spiro atoms. The Morgan fingerprint density at radius 2 is 1.65 bits per heavy atom. The number of ketones is 2. The third kappa shape index (κ3) is 2.17. The van der Waals surface area contributed by atoms with Crippen molar-refractivity contribution in [3.8, 4) is 0 Å². The topological polar surface area (TPSA) is 52.0 Å². The first-order valence-corrected chi connectivity index (χ1v) is 8.11. The summed E-state index contributed by atoms with van der Waals surface area (Å²) in [5.41, 5.74) is 3.00. The molecule has 2 aliphatic rings. The van der Waals surface area contributed by atoms with E-state index in [2.05, 4.69) is 11.1 Å². The largest absolute Gasteiger partial charge is 0.324 e. The van der Waals surface area contributed by atoms with Gasteiger partial charge in [-0.3, -0.25) is 9.59 Å². The van der Waals surface area contributed by atoms with Gasteiger partial charge in [-0.25, -0.2) is 4.98 Å². The number of benzene rings is 1. The number of fused-ring (bicyclic) bond motifs is 2. The van der Waals surface area contributed by atoms with Crippen molar-refractivity contribution >= 4 is 17.6 Å². The van der Waals surface area contributed by atoms with Crippen LogP contribution in [0.2, 0.25) is 0 Å². The molecule has 0 bridgehead atoms. The molecule has 2 aromatic rings. The molecule has 0 saturated heterocycles. The van der Waals surface area contributed by atoms with Gasteiger partial charge < -0.3 is 4.57 Å². The first kappa shape index (κ1) is 14.1. The molecule has 0 amide bonds. The second kappa shape index (κ2) is 5.30. The van der Waals surface area contributed by atoms with Crippen LogP contribution < -0.4 is 0 Å². The number of carbonyl (C=O) groups is 2. The first-order valence-electron chi connectivity index (χ1n) is 8.11. The van der Waals surface area contributed by atoms with E-state index in [1.807, 2.05) is 7.05 Å². The molecular formula is C19H18N2O2. The number of aromatic nitrogens is 2. The quantitative estimate of drug-likeness (QED) is 0.691. The molecule has 0 aliphatic heterocycles. The van der Waals surface area contributed by atoms with Gasteiger partial charge in [0.25, 0.3) is 0 Å². The molecule has 23 heavy (non-hydrogen) atoms. The van der Waals surface area contributed by atoms with Gasteiger partial charge in [-0.2, -0.15) is 0 Å². The van der Waals surface area contributed by atoms with Crippen LogP contribution in [0, 0.1) is 0 Å². The number of nitrogens with zero attached hydrogens (tertiary/aromatic N) is 2. The molecule has 0 atom stereocenters. The zero-order valence-corrected chi connectivity index (χ0v) is 13.1. The highest BCUT2D eigenvalue weighted by Crippen LogP contribution is 2.29. The Labute approximate surface area is 134 Å². The van der Waals surface area contributed by atoms with Gasteiger partial charge in [0.15, 0.2) is 0 Å². The van der Waals surface area contributed by atoms with Gasteiger partial charge in [0.2, 0.25) is 11.6 Å². The smallest absolute Gasteiger partial charge is 0.214 e. The van der Waals surface area contributed by atoms with Crippen LogP contribution in [0.4, 0.5) is 0 Å². The van der Waals surface area contributed by atoms with Crippen LogP contribution in [0.3, 0.4) is 0 Å². The third-order valence-corrected chi connectivity index (χ3v) is 4.81. The van der Waals surface area contributed by atoms with Crippen LogP contribution in [0.15, 0.2) is 29.8 Å². The Kier molecular flexibility index (Phi) is 3.26. The number of allylic oxidation sites excluding steroid dienone is 1. The average molecular weight is 306 g/mol. The maximum atomic E-state index is 12.7. The Bertz CT molecular complexity index is 850. The minimum atomic E-state index is -0.154. The van der Waals surface area contributed by atoms with E-state index in [0.717, 1.165) is 12.8 Å². The summed E-state index contributed by atoms with van der Waals surface area (Å²) in [7, 11) is 1.82. The van der Waals surface area contributed by atoms with Gasteiger partial charge in [-0.05, 0) is 31.8 Å². The molecule has 1 saturated carbocycles. The van der Waals surface area contributed by atoms with Crippen LogP contribution in [0.5, 0.6) is 0 Å². The highest BCUT2D eigenvalue weighted by Gasteiger charge is 2.34. The number of imidazole rings is 1. The Morgan fingerprint density at radius 3 is 2.35 bits per heavy atom. The van der Waals surface area contributed by atoms with Crippen LogP contribution in [-0.4, -0.2) is 21.1 Å². The molecule has 1 aromatic carbocycles. The molecule has 1 fully saturated rings. The second-order valence-corrected chi connectivity index (χ2v) is 6.29. The molecule has 1 aromatic heterocycles. The second-order valence-electron chi connectivity index (χ2n) is 6.29. The molecule has 116 valence electrons. The summed E-state index contributed by atoms with van der Waals surface area (Å²) in [6, 6.07) is 6.98. The summed E-state index contributed by atoms with van der Waals surface area (Å²) in [5, 5.41) is 0. The van der Waals surface area contributed by atoms with Gasteiger partial charge >= 0.3 is 0 Å². The SMILES string of the molecule is Cn1c(C=C2CCCCC2)nc2c1C(=O)c1ccccc1C2=O. The van der Waals surface area contributed by atoms with E-state index >= 15 is 0 Å². The highest BCUT2D eigenvalue weighted by atomic mass is 16.1. The fraction of sp³-hybridized carbons (Fsp3) is 0.316. The Morgan fingerprint density at radius 1 is 1.00 bits per heavy atom. The van der Waals surface area contributed by atoms with E-state index in [9.17, 15) is 9.59 Å². The molecule has 0 radical (unpaired) electrons. The zero-order valence-electron chi connectivity index (χ0n) is 13.1. The van der Waals surface area contributed by atoms with Crippen molar-refractivity contribution in [2.24, 2.45) is 7.05 Å². The minimum Gasteiger partial charge on any atom is -0.324 e. The lowest BCUT2D eigenvalue weighted by Crippen LogP contribution is -2.22. The molecule has 0 N–H and O–H groups in total. The van der Waals surface area contributed by atoms with E-state index in [-0.39, 0.29) is 11.6 Å². The molecule has 4 rings (SSSR count). The monoisotopic (exact) mass is 306 g/mol. The fourth-order valence-corrected chi connectivity index (χ4v) is 3.53. The van der Waals surface area contributed by atoms with Crippen molar-refractivity contribution in [3.63, 3.8) is 0 Å². The van der Waals surface area contributed by atoms with Crippen molar-refractivity contribution < 1.29 is 9.59 Å². The predicted molar refractivity (Wildman–Crippen MR) is 87.6 cm³/mol. The number of hydrogen-bond acceptors (Lipinski definition) is 3. The van der Waals surface area contributed by atoms with Crippen molar-refractivity contribution in [2.75, 3.05) is 0 Å². The molecule has 2 aliphatic carbocycles. The number of rotatable bonds is 1. The molecule has 4 nitrogen and oxygen atoms in total. The maximum Gasteiger partial charge on any atom is 0.214 e. The Hall–Kier alpha value is -2.49. The molecular weight excluding hydrogens is 288 g/mol. The number of hydrogen-bond donors (Lipinski definition) is 0. The van der Waals surface area contributed by atoms with E-state index in [1.165, 1.54) is 24.8 Å². The van der Waals surface area contributed by atoms with Gasteiger partial charge in [-0.1, -0.05) is 36.3 Å². The van der Waals surface area contributed by atoms with Gasteiger partial charge in [-0.15, -0.1) is 0 Å². The highest BCUT2D eigenvalue weighted by molar-refractivity contribution is 6.27. The van der Waals surface area contributed by atoms with E-state index in [4.69, 9.17) is 0 Å². The van der Waals surface area contributed by atoms with Crippen LogP contribution in [0.25, 0.3) is 6.08 Å². The van der Waals surface area contributed by atoms with Crippen LogP contribution in [0.1, 0.15) is 70.0 Å². The van der Waals surface area contributed by atoms with E-state index < -0.39 is 0 Å². The van der Waals surface area contributed by atoms with Gasteiger partial charge in [0.05, 0.1) is 0 Å². The predicted octanol–water partition coefficient (Wildman–Crippen LogP) is 3.54. The summed E-state index contributed by atoms with van der Waals surface area (Å²) < 4.78 is 1.77. The van der Waals surface area contributed by atoms with E-state index in [0.29, 0.717) is 28.3 Å². The third-order valence-electron chi connectivity index (χ3n) is 4.81. The average Bonchev–Trinajstić information content (AvgIpc) is 2.91. The van der Waals surface area contributed by atoms with Crippen molar-refractivity contribution in [3.05, 3.63) is 58.2 Å². The fourth-order valence-electron chi connectivity index (χ4n) is 3.53. The summed E-state index contributed by atoms with van der Waals surface area (Å²) in [6.45, 7) is 0. The normalized spacial score (nSPS) is 17.0. The van der Waals surface area contributed by atoms with Crippen molar-refractivity contribution in [1.82, 2.24) is 9.55 Å². The van der Waals surface area contributed by atoms with Crippen LogP contribution in [-0.2, 0) is 7.05 Å². The lowest BCUT2D eigenvalue weighted by Gasteiger charge is -2.14. The molecule has 1 heterocycles.